The quantitative estimate of drug-likeness (QED) is 0.180. The van der Waals surface area contributed by atoms with Crippen LogP contribution in [0.1, 0.15) is 0 Å². The van der Waals surface area contributed by atoms with Crippen molar-refractivity contribution in [3.8, 4) is 11.1 Å². The van der Waals surface area contributed by atoms with E-state index in [4.69, 9.17) is 0 Å². The fraction of sp³-hybridized carbons (Fsp3) is 0. The van der Waals surface area contributed by atoms with Crippen LogP contribution in [-0.4, -0.2) is 0 Å². The molecule has 0 fully saturated rings. The van der Waals surface area contributed by atoms with Crippen molar-refractivity contribution in [2.75, 3.05) is 9.80 Å². The molecule has 0 N–H and O–H groups in total. The van der Waals surface area contributed by atoms with Crippen LogP contribution in [0.3, 0.4) is 0 Å². The van der Waals surface area contributed by atoms with Gasteiger partial charge in [0.2, 0.25) is 0 Å². The number of rotatable bonds is 3. The maximum atomic E-state index is 3.94. The summed E-state index contributed by atoms with van der Waals surface area (Å²) < 4.78 is 2.10. The number of fused-ring (bicyclic) bond motifs is 4. The third-order valence-corrected chi connectivity index (χ3v) is 11.1. The molecular weight excluding hydrogens is 684 g/mol. The molecule has 202 valence electrons. The molecule has 42 heavy (non-hydrogen) atoms. The highest BCUT2D eigenvalue weighted by atomic mass is 79.9. The zero-order chi connectivity index (χ0) is 28.2. The Bertz CT molecular complexity index is 1770. The number of hydrogen-bond acceptors (Lipinski definition) is 4. The summed E-state index contributed by atoms with van der Waals surface area (Å²) in [6.45, 7) is 0. The maximum absolute atomic E-state index is 3.94. The van der Waals surface area contributed by atoms with E-state index in [9.17, 15) is 0 Å². The summed E-state index contributed by atoms with van der Waals surface area (Å²) in [5, 5.41) is 0. The van der Waals surface area contributed by atoms with Gasteiger partial charge in [0.1, 0.15) is 0 Å². The van der Waals surface area contributed by atoms with Crippen LogP contribution in [0.4, 0.5) is 34.1 Å². The Morgan fingerprint density at radius 2 is 0.690 bits per heavy atom. The number of benzene rings is 6. The van der Waals surface area contributed by atoms with Gasteiger partial charge in [0.25, 0.3) is 0 Å². The Morgan fingerprint density at radius 3 is 1.00 bits per heavy atom. The van der Waals surface area contributed by atoms with Crippen molar-refractivity contribution in [1.82, 2.24) is 0 Å². The Labute approximate surface area is 270 Å². The van der Waals surface area contributed by atoms with E-state index in [2.05, 4.69) is 175 Å². The molecule has 0 unspecified atom stereocenters. The van der Waals surface area contributed by atoms with Crippen molar-refractivity contribution in [2.24, 2.45) is 0 Å². The van der Waals surface area contributed by atoms with E-state index in [-0.39, 0.29) is 0 Å². The van der Waals surface area contributed by atoms with Gasteiger partial charge in [-0.2, -0.15) is 0 Å². The van der Waals surface area contributed by atoms with Crippen LogP contribution in [-0.2, 0) is 0 Å². The fourth-order valence-corrected chi connectivity index (χ4v) is 8.97. The molecule has 6 heteroatoms. The third kappa shape index (κ3) is 4.40. The van der Waals surface area contributed by atoms with Crippen LogP contribution in [0.2, 0.25) is 0 Å². The van der Waals surface area contributed by atoms with E-state index in [1.807, 2.05) is 23.5 Å². The average Bonchev–Trinajstić information content (AvgIpc) is 3.02. The van der Waals surface area contributed by atoms with Gasteiger partial charge in [-0.05, 0) is 83.9 Å². The Kier molecular flexibility index (Phi) is 6.68. The first-order valence-corrected chi connectivity index (χ1v) is 16.8. The van der Waals surface area contributed by atoms with E-state index < -0.39 is 0 Å². The molecule has 0 aliphatic carbocycles. The van der Waals surface area contributed by atoms with Gasteiger partial charge in [-0.25, -0.2) is 0 Å². The van der Waals surface area contributed by atoms with Crippen LogP contribution >= 0.6 is 55.4 Å². The van der Waals surface area contributed by atoms with Crippen molar-refractivity contribution in [2.45, 2.75) is 19.6 Å². The van der Waals surface area contributed by atoms with Crippen molar-refractivity contribution in [3.05, 3.63) is 142 Å². The first-order valence-electron chi connectivity index (χ1n) is 13.6. The summed E-state index contributed by atoms with van der Waals surface area (Å²) in [5.41, 5.74) is 9.33. The van der Waals surface area contributed by atoms with E-state index in [0.717, 1.165) is 31.4 Å². The molecule has 0 spiro atoms. The lowest BCUT2D eigenvalue weighted by molar-refractivity contribution is 1.16. The van der Waals surface area contributed by atoms with E-state index in [1.165, 1.54) is 42.3 Å². The van der Waals surface area contributed by atoms with Gasteiger partial charge in [0.15, 0.2) is 0 Å². The van der Waals surface area contributed by atoms with Gasteiger partial charge in [-0.3, -0.25) is 0 Å². The Hall–Kier alpha value is -3.42. The van der Waals surface area contributed by atoms with Crippen molar-refractivity contribution >= 4 is 89.5 Å². The van der Waals surface area contributed by atoms with Crippen LogP contribution in [0.25, 0.3) is 11.1 Å². The highest BCUT2D eigenvalue weighted by Gasteiger charge is 2.26. The standard InChI is InChI=1S/C36H22Br2N2S2/c37-27-21-23(39-29-9-1-5-13-33(29)41-34-14-6-2-10-30(34)39)17-19-25(27)26-20-18-24(22-28(26)38)40-31-11-3-7-15-35(31)42-36-16-8-4-12-32(36)40/h1-22H. The molecule has 0 saturated carbocycles. The summed E-state index contributed by atoms with van der Waals surface area (Å²) in [6, 6.07) is 47.8. The predicted molar refractivity (Wildman–Crippen MR) is 185 cm³/mol. The molecule has 0 aromatic heterocycles. The topological polar surface area (TPSA) is 6.48 Å². The molecule has 0 bridgehead atoms. The van der Waals surface area contributed by atoms with E-state index in [1.54, 1.807) is 0 Å². The van der Waals surface area contributed by atoms with Crippen LogP contribution in [0.5, 0.6) is 0 Å². The minimum atomic E-state index is 1.05. The van der Waals surface area contributed by atoms with E-state index >= 15 is 0 Å². The van der Waals surface area contributed by atoms with Gasteiger partial charge >= 0.3 is 0 Å². The largest absolute Gasteiger partial charge is 0.308 e. The molecule has 2 aliphatic heterocycles. The van der Waals surface area contributed by atoms with Crippen LogP contribution in [0.15, 0.2) is 162 Å². The lowest BCUT2D eigenvalue weighted by atomic mass is 10.0. The summed E-state index contributed by atoms with van der Waals surface area (Å²) in [4.78, 5) is 9.75. The second kappa shape index (κ2) is 10.7. The van der Waals surface area contributed by atoms with Gasteiger partial charge in [-0.1, -0.05) is 116 Å². The molecule has 0 amide bonds. The molecule has 0 atom stereocenters. The minimum absolute atomic E-state index is 1.05. The van der Waals surface area contributed by atoms with Gasteiger partial charge < -0.3 is 9.80 Å². The SMILES string of the molecule is Brc1cc(N2c3ccccc3Sc3ccccc32)ccc1-c1ccc(N2c3ccccc3Sc3ccccc32)cc1Br. The van der Waals surface area contributed by atoms with E-state index in [0.29, 0.717) is 0 Å². The Morgan fingerprint density at radius 1 is 0.381 bits per heavy atom. The first kappa shape index (κ1) is 26.2. The first-order chi connectivity index (χ1) is 20.7. The summed E-state index contributed by atoms with van der Waals surface area (Å²) in [6.07, 6.45) is 0. The molecule has 6 aromatic carbocycles. The highest BCUT2D eigenvalue weighted by Crippen LogP contribution is 2.53. The van der Waals surface area contributed by atoms with Crippen LogP contribution < -0.4 is 9.80 Å². The average molecular weight is 707 g/mol. The molecular formula is C36H22Br2N2S2. The second-order valence-corrected chi connectivity index (χ2v) is 14.0. The summed E-state index contributed by atoms with van der Waals surface area (Å²) >= 11 is 11.5. The van der Waals surface area contributed by atoms with Crippen molar-refractivity contribution in [1.29, 1.82) is 0 Å². The monoisotopic (exact) mass is 704 g/mol. The lowest BCUT2D eigenvalue weighted by Gasteiger charge is -2.33. The summed E-state index contributed by atoms with van der Waals surface area (Å²) in [7, 11) is 0. The van der Waals surface area contributed by atoms with Gasteiger partial charge in [-0.15, -0.1) is 0 Å². The maximum Gasteiger partial charge on any atom is 0.0601 e. The second-order valence-electron chi connectivity index (χ2n) is 10.1. The molecule has 2 nitrogen and oxygen atoms in total. The number of anilines is 6. The normalized spacial score (nSPS) is 13.2. The molecule has 2 aliphatic rings. The number of hydrogen-bond donors (Lipinski definition) is 0. The Balaban J connectivity index is 1.19. The summed E-state index contributed by atoms with van der Waals surface area (Å²) in [5.74, 6) is 0. The number of para-hydroxylation sites is 4. The number of nitrogens with zero attached hydrogens (tertiary/aromatic N) is 2. The van der Waals surface area contributed by atoms with Gasteiger partial charge in [0, 0.05) is 39.9 Å². The van der Waals surface area contributed by atoms with Crippen molar-refractivity contribution < 1.29 is 0 Å². The zero-order valence-corrected chi connectivity index (χ0v) is 27.0. The zero-order valence-electron chi connectivity index (χ0n) is 22.2. The molecule has 0 saturated heterocycles. The van der Waals surface area contributed by atoms with Crippen molar-refractivity contribution in [3.63, 3.8) is 0 Å². The predicted octanol–water partition coefficient (Wildman–Crippen LogP) is 12.7. The molecule has 6 aromatic rings. The smallest absolute Gasteiger partial charge is 0.0601 e. The minimum Gasteiger partial charge on any atom is -0.308 e. The molecule has 2 heterocycles. The highest BCUT2D eigenvalue weighted by molar-refractivity contribution is 9.11. The lowest BCUT2D eigenvalue weighted by Crippen LogP contribution is -2.15. The molecule has 8 rings (SSSR count). The third-order valence-electron chi connectivity index (χ3n) is 7.58. The van der Waals surface area contributed by atoms with Crippen LogP contribution in [0, 0.1) is 0 Å². The fourth-order valence-electron chi connectivity index (χ4n) is 5.69. The van der Waals surface area contributed by atoms with Gasteiger partial charge in [0.05, 0.1) is 22.7 Å². The molecule has 0 radical (unpaired) electrons. The number of halogens is 2.